The maximum absolute atomic E-state index is 12.7. The number of rotatable bonds is 6. The summed E-state index contributed by atoms with van der Waals surface area (Å²) in [5, 5.41) is -1.25. The molecule has 1 aliphatic carbocycles. The van der Waals surface area contributed by atoms with Gasteiger partial charge >= 0.3 is 12.1 Å². The fourth-order valence-corrected chi connectivity index (χ4v) is 3.58. The molecule has 0 N–H and O–H groups in total. The molecule has 0 saturated heterocycles. The van der Waals surface area contributed by atoms with Crippen molar-refractivity contribution in [3.8, 4) is 23.8 Å². The number of terminal acetylenes is 1. The molecule has 0 spiro atoms. The molecule has 3 nitrogen and oxygen atoms in total. The number of hydrogen-bond acceptors (Lipinski definition) is 3. The lowest BCUT2D eigenvalue weighted by molar-refractivity contribution is -0.149. The van der Waals surface area contributed by atoms with Crippen molar-refractivity contribution in [2.75, 3.05) is 0 Å². The second kappa shape index (κ2) is 8.68. The molecule has 3 rings (SSSR count). The molecule has 0 aliphatic heterocycles. The summed E-state index contributed by atoms with van der Waals surface area (Å²) >= 11 is 5.34. The Kier molecular flexibility index (Phi) is 6.38. The van der Waals surface area contributed by atoms with E-state index in [2.05, 4.69) is 5.92 Å². The van der Waals surface area contributed by atoms with E-state index in [0.29, 0.717) is 17.1 Å². The molecular formula is C24H20ClF3O3. The summed E-state index contributed by atoms with van der Waals surface area (Å²) in [6.07, 6.45) is 0.768. The fourth-order valence-electron chi connectivity index (χ4n) is 3.44. The summed E-state index contributed by atoms with van der Waals surface area (Å²) in [6.45, 7) is 3.36. The number of carbonyl (C=O) groups excluding carboxylic acids is 1. The number of carbonyl (C=O) groups is 1. The van der Waals surface area contributed by atoms with Crippen LogP contribution in [-0.2, 0) is 9.53 Å². The highest BCUT2D eigenvalue weighted by Gasteiger charge is 2.62. The smallest absolute Gasteiger partial charge is 0.426 e. The van der Waals surface area contributed by atoms with Crippen LogP contribution in [0.15, 0.2) is 65.7 Å². The third-order valence-electron chi connectivity index (χ3n) is 5.29. The Morgan fingerprint density at radius 1 is 1.16 bits per heavy atom. The lowest BCUT2D eigenvalue weighted by atomic mass is 10.1. The lowest BCUT2D eigenvalue weighted by Crippen LogP contribution is -2.14. The molecule has 162 valence electrons. The first kappa shape index (κ1) is 22.8. The van der Waals surface area contributed by atoms with Gasteiger partial charge in [0.05, 0.1) is 5.92 Å². The van der Waals surface area contributed by atoms with Crippen LogP contribution < -0.4 is 4.74 Å². The van der Waals surface area contributed by atoms with E-state index in [0.717, 1.165) is 6.08 Å². The molecule has 2 aromatic rings. The Morgan fingerprint density at radius 2 is 1.81 bits per heavy atom. The number of halogens is 4. The SMILES string of the molecule is C#CC(OC(=O)[C@@H]1[C@@H](/C=C(\Cl)C(F)(F)F)C1(C)C)c1cccc(Oc2ccccc2)c1. The van der Waals surface area contributed by atoms with Crippen molar-refractivity contribution in [3.05, 3.63) is 71.3 Å². The highest BCUT2D eigenvalue weighted by Crippen LogP contribution is 2.60. The Morgan fingerprint density at radius 3 is 2.42 bits per heavy atom. The third-order valence-corrected chi connectivity index (χ3v) is 5.63. The molecule has 3 atom stereocenters. The standard InChI is InChI=1S/C24H20ClF3O3/c1-4-19(15-9-8-12-17(13-15)30-16-10-6-5-7-11-16)31-22(29)21-18(23(21,2)3)14-20(25)24(26,27)28/h1,5-14,18-19,21H,2-3H3/b20-14-/t18-,19?,21+/m1/s1. The zero-order valence-corrected chi connectivity index (χ0v) is 17.6. The Labute approximate surface area is 183 Å². The molecule has 0 bridgehead atoms. The van der Waals surface area contributed by atoms with Gasteiger partial charge < -0.3 is 9.47 Å². The second-order valence-corrected chi connectivity index (χ2v) is 8.22. The largest absolute Gasteiger partial charge is 0.457 e. The van der Waals surface area contributed by atoms with Crippen molar-refractivity contribution in [3.63, 3.8) is 0 Å². The maximum Gasteiger partial charge on any atom is 0.426 e. The van der Waals surface area contributed by atoms with Gasteiger partial charge in [0.2, 0.25) is 0 Å². The van der Waals surface area contributed by atoms with E-state index in [1.165, 1.54) is 0 Å². The number of allylic oxidation sites excluding steroid dienone is 2. The van der Waals surface area contributed by atoms with Gasteiger partial charge in [-0.1, -0.05) is 67.8 Å². The van der Waals surface area contributed by atoms with Crippen LogP contribution in [0.1, 0.15) is 25.5 Å². The Hall–Kier alpha value is -2.91. The van der Waals surface area contributed by atoms with Crippen LogP contribution in [0, 0.1) is 29.6 Å². The maximum atomic E-state index is 12.7. The van der Waals surface area contributed by atoms with Gasteiger partial charge in [0.25, 0.3) is 0 Å². The van der Waals surface area contributed by atoms with Gasteiger partial charge in [-0.2, -0.15) is 13.2 Å². The summed E-state index contributed by atoms with van der Waals surface area (Å²) in [6, 6.07) is 15.9. The van der Waals surface area contributed by atoms with Crippen LogP contribution in [0.25, 0.3) is 0 Å². The van der Waals surface area contributed by atoms with Crippen LogP contribution in [0.3, 0.4) is 0 Å². The highest BCUT2D eigenvalue weighted by atomic mass is 35.5. The highest BCUT2D eigenvalue weighted by molar-refractivity contribution is 6.30. The van der Waals surface area contributed by atoms with Gasteiger partial charge in [-0.25, -0.2) is 0 Å². The summed E-state index contributed by atoms with van der Waals surface area (Å²) < 4.78 is 49.5. The first-order valence-electron chi connectivity index (χ1n) is 9.48. The zero-order chi connectivity index (χ0) is 22.8. The minimum absolute atomic E-state index is 0.504. The minimum Gasteiger partial charge on any atom is -0.457 e. The average Bonchev–Trinajstić information content (AvgIpc) is 3.26. The van der Waals surface area contributed by atoms with Crippen LogP contribution in [0.2, 0.25) is 0 Å². The predicted octanol–water partition coefficient (Wildman–Crippen LogP) is 6.65. The van der Waals surface area contributed by atoms with Crippen molar-refractivity contribution >= 4 is 17.6 Å². The van der Waals surface area contributed by atoms with Gasteiger partial charge in [-0.05, 0) is 35.6 Å². The number of alkyl halides is 3. The van der Waals surface area contributed by atoms with Crippen molar-refractivity contribution in [2.24, 2.45) is 17.3 Å². The topological polar surface area (TPSA) is 35.5 Å². The van der Waals surface area contributed by atoms with E-state index in [4.69, 9.17) is 27.5 Å². The van der Waals surface area contributed by atoms with Crippen molar-refractivity contribution < 1.29 is 27.4 Å². The number of esters is 1. The van der Waals surface area contributed by atoms with Crippen molar-refractivity contribution in [1.82, 2.24) is 0 Å². The number of hydrogen-bond donors (Lipinski definition) is 0. The minimum atomic E-state index is -4.66. The molecule has 2 aromatic carbocycles. The molecule has 31 heavy (non-hydrogen) atoms. The van der Waals surface area contributed by atoms with E-state index in [-0.39, 0.29) is 0 Å². The second-order valence-electron chi connectivity index (χ2n) is 7.81. The Balaban J connectivity index is 1.72. The average molecular weight is 449 g/mol. The molecule has 1 aliphatic rings. The van der Waals surface area contributed by atoms with Gasteiger partial charge in [0.15, 0.2) is 6.10 Å². The van der Waals surface area contributed by atoms with E-state index in [1.807, 2.05) is 18.2 Å². The summed E-state index contributed by atoms with van der Waals surface area (Å²) in [5.74, 6) is 1.40. The number of benzene rings is 2. The molecule has 1 unspecified atom stereocenters. The summed E-state index contributed by atoms with van der Waals surface area (Å²) in [7, 11) is 0. The summed E-state index contributed by atoms with van der Waals surface area (Å²) in [4.78, 5) is 12.7. The van der Waals surface area contributed by atoms with Gasteiger partial charge in [-0.3, -0.25) is 4.79 Å². The molecule has 1 saturated carbocycles. The lowest BCUT2D eigenvalue weighted by Gasteiger charge is -2.15. The zero-order valence-electron chi connectivity index (χ0n) is 16.8. The molecule has 0 aromatic heterocycles. The van der Waals surface area contributed by atoms with Crippen molar-refractivity contribution in [1.29, 1.82) is 0 Å². The van der Waals surface area contributed by atoms with Crippen LogP contribution in [0.4, 0.5) is 13.2 Å². The molecule has 0 amide bonds. The predicted molar refractivity (Wildman–Crippen MR) is 111 cm³/mol. The van der Waals surface area contributed by atoms with Crippen LogP contribution in [0.5, 0.6) is 11.5 Å². The van der Waals surface area contributed by atoms with Gasteiger partial charge in [0.1, 0.15) is 16.5 Å². The Bertz CT molecular complexity index is 1020. The molecule has 1 fully saturated rings. The van der Waals surface area contributed by atoms with Crippen LogP contribution in [-0.4, -0.2) is 12.1 Å². The molecule has 7 heteroatoms. The quantitative estimate of drug-likeness (QED) is 0.366. The van der Waals surface area contributed by atoms with Gasteiger partial charge in [-0.15, -0.1) is 6.42 Å². The number of ether oxygens (including phenoxy) is 2. The fraction of sp³-hybridized carbons (Fsp3) is 0.292. The molecule has 0 radical (unpaired) electrons. The van der Waals surface area contributed by atoms with E-state index >= 15 is 0 Å². The normalized spacial score (nSPS) is 21.0. The van der Waals surface area contributed by atoms with E-state index in [1.54, 1.807) is 50.2 Å². The monoisotopic (exact) mass is 448 g/mol. The van der Waals surface area contributed by atoms with Crippen LogP contribution >= 0.6 is 11.6 Å². The molecule has 0 heterocycles. The molecular weight excluding hydrogens is 429 g/mol. The first-order chi connectivity index (χ1) is 14.5. The van der Waals surface area contributed by atoms with E-state index in [9.17, 15) is 18.0 Å². The third kappa shape index (κ3) is 5.23. The van der Waals surface area contributed by atoms with Crippen molar-refractivity contribution in [2.45, 2.75) is 26.1 Å². The first-order valence-corrected chi connectivity index (χ1v) is 9.86. The van der Waals surface area contributed by atoms with Gasteiger partial charge in [0, 0.05) is 5.56 Å². The van der Waals surface area contributed by atoms with E-state index < -0.39 is 40.5 Å². The number of para-hydroxylation sites is 1. The summed E-state index contributed by atoms with van der Waals surface area (Å²) in [5.41, 5.74) is -0.206.